The predicted octanol–water partition coefficient (Wildman–Crippen LogP) is 2.22. The topological polar surface area (TPSA) is 26.3 Å². The summed E-state index contributed by atoms with van der Waals surface area (Å²) in [7, 11) is 1.65. The Balaban J connectivity index is 2.43. The molecule has 0 spiro atoms. The molecule has 14 heavy (non-hydrogen) atoms. The number of methoxy groups -OCH3 is 1. The van der Waals surface area contributed by atoms with Gasteiger partial charge in [0.05, 0.1) is 7.11 Å². The van der Waals surface area contributed by atoms with E-state index in [1.54, 1.807) is 14.0 Å². The van der Waals surface area contributed by atoms with Gasteiger partial charge < -0.3 is 4.74 Å². The molecule has 0 radical (unpaired) electrons. The standard InChI is InChI=1S/C12H12O2/c1-8(13)10-6-9-4-3-5-12(14-2)11(9)7-10/h3-6H,7H2,1-2H3. The van der Waals surface area contributed by atoms with Gasteiger partial charge in [-0.05, 0) is 30.2 Å². The highest BCUT2D eigenvalue weighted by Gasteiger charge is 2.18. The van der Waals surface area contributed by atoms with E-state index in [1.165, 1.54) is 0 Å². The first kappa shape index (κ1) is 9.00. The van der Waals surface area contributed by atoms with E-state index in [1.807, 2.05) is 24.3 Å². The van der Waals surface area contributed by atoms with E-state index in [4.69, 9.17) is 4.74 Å². The number of fused-ring (bicyclic) bond motifs is 1. The first-order valence-corrected chi connectivity index (χ1v) is 4.59. The van der Waals surface area contributed by atoms with Crippen LogP contribution in [0.3, 0.4) is 0 Å². The molecule has 2 heteroatoms. The number of carbonyl (C=O) groups excluding carboxylic acids is 1. The summed E-state index contributed by atoms with van der Waals surface area (Å²) in [5.74, 6) is 1.01. The highest BCUT2D eigenvalue weighted by molar-refractivity contribution is 6.00. The molecule has 0 aliphatic heterocycles. The Hall–Kier alpha value is -1.57. The summed E-state index contributed by atoms with van der Waals surface area (Å²) < 4.78 is 5.24. The quantitative estimate of drug-likeness (QED) is 0.711. The van der Waals surface area contributed by atoms with Crippen LogP contribution in [0.25, 0.3) is 6.08 Å². The van der Waals surface area contributed by atoms with E-state index in [0.29, 0.717) is 6.42 Å². The van der Waals surface area contributed by atoms with Crippen LogP contribution >= 0.6 is 0 Å². The molecule has 0 heterocycles. The van der Waals surface area contributed by atoms with Crippen molar-refractivity contribution in [1.82, 2.24) is 0 Å². The maximum atomic E-state index is 11.2. The third-order valence-corrected chi connectivity index (χ3v) is 2.54. The largest absolute Gasteiger partial charge is 0.496 e. The molecule has 72 valence electrons. The minimum atomic E-state index is 0.142. The Kier molecular flexibility index (Phi) is 2.12. The molecular formula is C12H12O2. The molecule has 0 saturated heterocycles. The molecule has 0 saturated carbocycles. The second kappa shape index (κ2) is 3.29. The number of benzene rings is 1. The summed E-state index contributed by atoms with van der Waals surface area (Å²) >= 11 is 0. The lowest BCUT2D eigenvalue weighted by Gasteiger charge is -2.05. The van der Waals surface area contributed by atoms with Crippen molar-refractivity contribution in [2.24, 2.45) is 0 Å². The van der Waals surface area contributed by atoms with Crippen LogP contribution in [0.1, 0.15) is 18.1 Å². The molecule has 2 rings (SSSR count). The van der Waals surface area contributed by atoms with Crippen molar-refractivity contribution in [3.8, 4) is 5.75 Å². The zero-order valence-corrected chi connectivity index (χ0v) is 8.33. The minimum Gasteiger partial charge on any atom is -0.496 e. The molecule has 0 aromatic heterocycles. The Morgan fingerprint density at radius 1 is 1.43 bits per heavy atom. The Bertz CT molecular complexity index is 416. The first-order chi connectivity index (χ1) is 6.72. The third kappa shape index (κ3) is 1.33. The summed E-state index contributed by atoms with van der Waals surface area (Å²) in [6, 6.07) is 5.88. The van der Waals surface area contributed by atoms with Gasteiger partial charge in [0.2, 0.25) is 0 Å². The van der Waals surface area contributed by atoms with Gasteiger partial charge in [-0.25, -0.2) is 0 Å². The highest BCUT2D eigenvalue weighted by Crippen LogP contribution is 2.32. The van der Waals surface area contributed by atoms with Gasteiger partial charge in [0.25, 0.3) is 0 Å². The van der Waals surface area contributed by atoms with E-state index in [2.05, 4.69) is 0 Å². The van der Waals surface area contributed by atoms with Crippen LogP contribution in [0.15, 0.2) is 23.8 Å². The average Bonchev–Trinajstić information content (AvgIpc) is 2.60. The fourth-order valence-electron chi connectivity index (χ4n) is 1.75. The van der Waals surface area contributed by atoms with Crippen LogP contribution in [0, 0.1) is 0 Å². The first-order valence-electron chi connectivity index (χ1n) is 4.59. The molecule has 0 N–H and O–H groups in total. The van der Waals surface area contributed by atoms with E-state index in [-0.39, 0.29) is 5.78 Å². The number of rotatable bonds is 2. The van der Waals surface area contributed by atoms with Crippen molar-refractivity contribution >= 4 is 11.9 Å². The Labute approximate surface area is 83.2 Å². The number of hydrogen-bond acceptors (Lipinski definition) is 2. The normalized spacial score (nSPS) is 13.4. The molecule has 0 amide bonds. The molecule has 1 aliphatic carbocycles. The summed E-state index contributed by atoms with van der Waals surface area (Å²) in [6.45, 7) is 1.60. The lowest BCUT2D eigenvalue weighted by atomic mass is 10.1. The zero-order valence-electron chi connectivity index (χ0n) is 8.33. The number of Topliss-reactive ketones (excluding diaryl/α,β-unsaturated/α-hetero) is 1. The van der Waals surface area contributed by atoms with Crippen molar-refractivity contribution in [2.75, 3.05) is 7.11 Å². The molecular weight excluding hydrogens is 176 g/mol. The van der Waals surface area contributed by atoms with Crippen molar-refractivity contribution < 1.29 is 9.53 Å². The van der Waals surface area contributed by atoms with E-state index in [9.17, 15) is 4.79 Å². The van der Waals surface area contributed by atoms with Crippen LogP contribution in [0.4, 0.5) is 0 Å². The lowest BCUT2D eigenvalue weighted by Crippen LogP contribution is -1.97. The molecule has 1 aromatic carbocycles. The average molecular weight is 188 g/mol. The fraction of sp³-hybridized carbons (Fsp3) is 0.250. The second-order valence-electron chi connectivity index (χ2n) is 3.43. The minimum absolute atomic E-state index is 0.142. The van der Waals surface area contributed by atoms with Crippen LogP contribution < -0.4 is 4.74 Å². The van der Waals surface area contributed by atoms with Crippen LogP contribution in [0.2, 0.25) is 0 Å². The molecule has 0 atom stereocenters. The smallest absolute Gasteiger partial charge is 0.156 e. The maximum Gasteiger partial charge on any atom is 0.156 e. The molecule has 0 unspecified atom stereocenters. The van der Waals surface area contributed by atoms with Crippen LogP contribution in [0.5, 0.6) is 5.75 Å². The molecule has 1 aromatic rings. The van der Waals surface area contributed by atoms with Crippen molar-refractivity contribution in [3.63, 3.8) is 0 Å². The van der Waals surface area contributed by atoms with Gasteiger partial charge in [-0.2, -0.15) is 0 Å². The highest BCUT2D eigenvalue weighted by atomic mass is 16.5. The van der Waals surface area contributed by atoms with Gasteiger partial charge in [-0.15, -0.1) is 0 Å². The lowest BCUT2D eigenvalue weighted by molar-refractivity contribution is -0.113. The number of ketones is 1. The summed E-state index contributed by atoms with van der Waals surface area (Å²) in [6.07, 6.45) is 2.65. The van der Waals surface area contributed by atoms with Crippen molar-refractivity contribution in [3.05, 3.63) is 34.9 Å². The SMILES string of the molecule is COc1cccc2c1CC(C(C)=O)=C2. The number of hydrogen-bond donors (Lipinski definition) is 0. The Morgan fingerprint density at radius 3 is 2.86 bits per heavy atom. The summed E-state index contributed by atoms with van der Waals surface area (Å²) in [5, 5.41) is 0. The molecule has 1 aliphatic rings. The van der Waals surface area contributed by atoms with Gasteiger partial charge in [0.15, 0.2) is 5.78 Å². The van der Waals surface area contributed by atoms with E-state index < -0.39 is 0 Å². The van der Waals surface area contributed by atoms with Gasteiger partial charge in [-0.1, -0.05) is 12.1 Å². The summed E-state index contributed by atoms with van der Waals surface area (Å²) in [4.78, 5) is 11.2. The maximum absolute atomic E-state index is 11.2. The monoisotopic (exact) mass is 188 g/mol. The van der Waals surface area contributed by atoms with Crippen LogP contribution in [-0.4, -0.2) is 12.9 Å². The number of allylic oxidation sites excluding steroid dienone is 1. The molecule has 0 bridgehead atoms. The van der Waals surface area contributed by atoms with Gasteiger partial charge in [-0.3, -0.25) is 4.79 Å². The fourth-order valence-corrected chi connectivity index (χ4v) is 1.75. The predicted molar refractivity (Wildman–Crippen MR) is 55.4 cm³/mol. The third-order valence-electron chi connectivity index (χ3n) is 2.54. The van der Waals surface area contributed by atoms with Crippen molar-refractivity contribution in [2.45, 2.75) is 13.3 Å². The molecule has 2 nitrogen and oxygen atoms in total. The van der Waals surface area contributed by atoms with Crippen molar-refractivity contribution in [1.29, 1.82) is 0 Å². The van der Waals surface area contributed by atoms with Gasteiger partial charge >= 0.3 is 0 Å². The zero-order chi connectivity index (χ0) is 10.1. The van der Waals surface area contributed by atoms with Gasteiger partial charge in [0, 0.05) is 12.0 Å². The summed E-state index contributed by atoms with van der Waals surface area (Å²) in [5.41, 5.74) is 3.10. The second-order valence-corrected chi connectivity index (χ2v) is 3.43. The van der Waals surface area contributed by atoms with E-state index in [0.717, 1.165) is 22.4 Å². The van der Waals surface area contributed by atoms with E-state index >= 15 is 0 Å². The number of ether oxygens (including phenoxy) is 1. The Morgan fingerprint density at radius 2 is 2.21 bits per heavy atom. The van der Waals surface area contributed by atoms with Gasteiger partial charge in [0.1, 0.15) is 5.75 Å². The van der Waals surface area contributed by atoms with Crippen LogP contribution in [-0.2, 0) is 11.2 Å². The number of carbonyl (C=O) groups is 1. The molecule has 0 fully saturated rings.